The zero-order chi connectivity index (χ0) is 31.2. The second kappa shape index (κ2) is 16.6. The van der Waals surface area contributed by atoms with E-state index in [1.54, 1.807) is 24.3 Å². The molecule has 0 unspecified atom stereocenters. The highest BCUT2D eigenvalue weighted by molar-refractivity contribution is 7.80. The molecule has 6 N–H and O–H groups in total. The van der Waals surface area contributed by atoms with Crippen LogP contribution in [0.15, 0.2) is 48.5 Å². The van der Waals surface area contributed by atoms with Crippen LogP contribution in [0.2, 0.25) is 0 Å². The number of aliphatic carboxylic acids is 2. The third kappa shape index (κ3) is 11.9. The Hall–Kier alpha value is -4.59. The topological polar surface area (TPSA) is 200 Å². The fourth-order valence-electron chi connectivity index (χ4n) is 3.73. The molecular formula is C28H34N4O9S. The second-order valence-electron chi connectivity index (χ2n) is 9.37. The van der Waals surface area contributed by atoms with Gasteiger partial charge < -0.3 is 36.2 Å². The van der Waals surface area contributed by atoms with E-state index in [1.165, 1.54) is 6.92 Å². The molecule has 0 aliphatic carbocycles. The molecule has 42 heavy (non-hydrogen) atoms. The largest absolute Gasteiger partial charge is 0.481 e. The van der Waals surface area contributed by atoms with Crippen LogP contribution >= 0.6 is 12.6 Å². The highest BCUT2D eigenvalue weighted by Crippen LogP contribution is 2.23. The van der Waals surface area contributed by atoms with Crippen LogP contribution in [0, 0.1) is 6.92 Å². The Bertz CT molecular complexity index is 1290. The Morgan fingerprint density at radius 1 is 0.857 bits per heavy atom. The molecule has 0 radical (unpaired) electrons. The molecule has 2 aromatic rings. The molecule has 0 aliphatic heterocycles. The Kier molecular flexibility index (Phi) is 13.3. The van der Waals surface area contributed by atoms with E-state index < -0.39 is 66.7 Å². The molecule has 0 fully saturated rings. The zero-order valence-electron chi connectivity index (χ0n) is 23.1. The molecular weight excluding hydrogens is 568 g/mol. The molecule has 0 aliphatic rings. The van der Waals surface area contributed by atoms with Crippen molar-refractivity contribution in [1.82, 2.24) is 21.3 Å². The van der Waals surface area contributed by atoms with Gasteiger partial charge in [-0.3, -0.25) is 24.0 Å². The molecule has 0 bridgehead atoms. The number of carbonyl (C=O) groups excluding carboxylic acids is 4. The van der Waals surface area contributed by atoms with E-state index in [4.69, 9.17) is 14.9 Å². The van der Waals surface area contributed by atoms with E-state index in [9.17, 15) is 28.8 Å². The van der Waals surface area contributed by atoms with E-state index in [0.717, 1.165) is 5.56 Å². The maximum absolute atomic E-state index is 13.1. The maximum atomic E-state index is 13.1. The van der Waals surface area contributed by atoms with Crippen molar-refractivity contribution in [3.05, 3.63) is 59.7 Å². The van der Waals surface area contributed by atoms with Gasteiger partial charge in [-0.25, -0.2) is 4.79 Å². The van der Waals surface area contributed by atoms with Crippen molar-refractivity contribution in [2.75, 3.05) is 12.3 Å². The van der Waals surface area contributed by atoms with Crippen molar-refractivity contribution in [3.63, 3.8) is 0 Å². The molecule has 14 heteroatoms. The predicted octanol–water partition coefficient (Wildman–Crippen LogP) is 0.800. The Morgan fingerprint density at radius 2 is 1.55 bits per heavy atom. The van der Waals surface area contributed by atoms with Crippen LogP contribution < -0.4 is 26.0 Å². The van der Waals surface area contributed by atoms with Gasteiger partial charge in [-0.2, -0.15) is 12.6 Å². The lowest BCUT2D eigenvalue weighted by Gasteiger charge is -2.23. The minimum absolute atomic E-state index is 0.0477. The average Bonchev–Trinajstić information content (AvgIpc) is 2.92. The number of carbonyl (C=O) groups is 6. The Labute approximate surface area is 247 Å². The monoisotopic (exact) mass is 602 g/mol. The smallest absolute Gasteiger partial charge is 0.327 e. The number of amides is 4. The van der Waals surface area contributed by atoms with E-state index in [-0.39, 0.29) is 18.6 Å². The van der Waals surface area contributed by atoms with Crippen LogP contribution in [0.5, 0.6) is 11.5 Å². The van der Waals surface area contributed by atoms with Gasteiger partial charge in [0.25, 0.3) is 0 Å². The summed E-state index contributed by atoms with van der Waals surface area (Å²) in [5, 5.41) is 27.5. The Morgan fingerprint density at radius 3 is 2.12 bits per heavy atom. The molecule has 2 aromatic carbocycles. The standard InChI is InChI=1S/C28H34N4O9S/c1-16-4-3-5-20(12-16)41-19-8-6-18(7-9-19)13-22(30-17(2)33)27(38)32-21(10-11-25(35)36)26(37)29-14-24(34)31-23(15-42)28(39)40/h3-9,12,21-23,42H,10-11,13-15H2,1-2H3,(H,29,37)(H,30,33)(H,31,34)(H,32,38)(H,35,36)(H,39,40)/t21-,22-,23-/m0/s1. The minimum atomic E-state index is -1.36. The fraction of sp³-hybridized carbons (Fsp3) is 0.357. The van der Waals surface area contributed by atoms with Crippen LogP contribution in [-0.4, -0.2) is 76.2 Å². The van der Waals surface area contributed by atoms with Crippen molar-refractivity contribution >= 4 is 48.2 Å². The number of carboxylic acid groups (broad SMARTS) is 2. The quantitative estimate of drug-likeness (QED) is 0.136. The molecule has 2 rings (SSSR count). The van der Waals surface area contributed by atoms with Crippen LogP contribution in [0.1, 0.15) is 30.9 Å². The summed E-state index contributed by atoms with van der Waals surface area (Å²) in [6, 6.07) is 10.6. The maximum Gasteiger partial charge on any atom is 0.327 e. The molecule has 0 heterocycles. The minimum Gasteiger partial charge on any atom is -0.481 e. The lowest BCUT2D eigenvalue weighted by molar-refractivity contribution is -0.141. The molecule has 13 nitrogen and oxygen atoms in total. The number of rotatable bonds is 16. The number of hydrogen-bond acceptors (Lipinski definition) is 8. The van der Waals surface area contributed by atoms with Gasteiger partial charge in [-0.15, -0.1) is 0 Å². The number of hydrogen-bond donors (Lipinski definition) is 7. The number of benzene rings is 2. The molecule has 4 amide bonds. The summed E-state index contributed by atoms with van der Waals surface area (Å²) < 4.78 is 5.83. The van der Waals surface area contributed by atoms with Gasteiger partial charge in [-0.1, -0.05) is 24.3 Å². The third-order valence-electron chi connectivity index (χ3n) is 5.80. The zero-order valence-corrected chi connectivity index (χ0v) is 24.0. The fourth-order valence-corrected chi connectivity index (χ4v) is 3.98. The third-order valence-corrected chi connectivity index (χ3v) is 6.17. The van der Waals surface area contributed by atoms with E-state index in [2.05, 4.69) is 33.9 Å². The van der Waals surface area contributed by atoms with Gasteiger partial charge in [0.15, 0.2) is 0 Å². The highest BCUT2D eigenvalue weighted by atomic mass is 32.1. The van der Waals surface area contributed by atoms with Crippen molar-refractivity contribution in [2.24, 2.45) is 0 Å². The number of ether oxygens (including phenoxy) is 1. The second-order valence-corrected chi connectivity index (χ2v) is 9.74. The molecule has 226 valence electrons. The molecule has 3 atom stereocenters. The number of thiol groups is 1. The summed E-state index contributed by atoms with van der Waals surface area (Å²) in [6.45, 7) is 2.54. The van der Waals surface area contributed by atoms with Gasteiger partial charge in [0.05, 0.1) is 6.54 Å². The molecule has 0 aromatic heterocycles. The average molecular weight is 603 g/mol. The molecule has 0 saturated carbocycles. The van der Waals surface area contributed by atoms with Gasteiger partial charge in [-0.05, 0) is 48.7 Å². The van der Waals surface area contributed by atoms with Gasteiger partial charge >= 0.3 is 11.9 Å². The number of carboxylic acids is 2. The first-order valence-corrected chi connectivity index (χ1v) is 13.5. The first-order valence-electron chi connectivity index (χ1n) is 12.9. The molecule has 0 saturated heterocycles. The summed E-state index contributed by atoms with van der Waals surface area (Å²) in [5.41, 5.74) is 1.70. The van der Waals surface area contributed by atoms with Crippen molar-refractivity contribution in [2.45, 2.75) is 51.2 Å². The summed E-state index contributed by atoms with van der Waals surface area (Å²) >= 11 is 3.84. The SMILES string of the molecule is CC(=O)N[C@@H](Cc1ccc(Oc2cccc(C)c2)cc1)C(=O)N[C@@H](CCC(=O)O)C(=O)NCC(=O)N[C@@H](CS)C(=O)O. The Balaban J connectivity index is 2.08. The first kappa shape index (κ1) is 33.6. The predicted molar refractivity (Wildman–Crippen MR) is 154 cm³/mol. The summed E-state index contributed by atoms with van der Waals surface area (Å²) in [5.74, 6) is -4.43. The van der Waals surface area contributed by atoms with E-state index in [1.807, 2.05) is 31.2 Å². The lowest BCUT2D eigenvalue weighted by Crippen LogP contribution is -2.55. The number of nitrogens with one attached hydrogen (secondary N) is 4. The highest BCUT2D eigenvalue weighted by Gasteiger charge is 2.28. The van der Waals surface area contributed by atoms with Gasteiger partial charge in [0, 0.05) is 25.5 Å². The normalized spacial score (nSPS) is 12.6. The summed E-state index contributed by atoms with van der Waals surface area (Å²) in [4.78, 5) is 72.0. The van der Waals surface area contributed by atoms with Crippen LogP contribution in [0.4, 0.5) is 0 Å². The van der Waals surface area contributed by atoms with Crippen LogP contribution in [0.3, 0.4) is 0 Å². The number of aryl methyl sites for hydroxylation is 1. The van der Waals surface area contributed by atoms with E-state index in [0.29, 0.717) is 17.1 Å². The van der Waals surface area contributed by atoms with Crippen molar-refractivity contribution in [1.29, 1.82) is 0 Å². The summed E-state index contributed by atoms with van der Waals surface area (Å²) in [6.07, 6.45) is -0.731. The van der Waals surface area contributed by atoms with Crippen LogP contribution in [0.25, 0.3) is 0 Å². The van der Waals surface area contributed by atoms with Gasteiger partial charge in [0.1, 0.15) is 29.6 Å². The van der Waals surface area contributed by atoms with Crippen molar-refractivity contribution < 1.29 is 43.7 Å². The van der Waals surface area contributed by atoms with Crippen LogP contribution in [-0.2, 0) is 35.2 Å². The molecule has 0 spiro atoms. The van der Waals surface area contributed by atoms with E-state index >= 15 is 0 Å². The van der Waals surface area contributed by atoms with Crippen molar-refractivity contribution in [3.8, 4) is 11.5 Å². The first-order chi connectivity index (χ1) is 19.9. The lowest BCUT2D eigenvalue weighted by atomic mass is 10.0. The summed E-state index contributed by atoms with van der Waals surface area (Å²) in [7, 11) is 0. The van der Waals surface area contributed by atoms with Gasteiger partial charge in [0.2, 0.25) is 23.6 Å².